The van der Waals surface area contributed by atoms with E-state index in [0.29, 0.717) is 13.1 Å². The first-order valence-corrected chi connectivity index (χ1v) is 8.57. The average Bonchev–Trinajstić information content (AvgIpc) is 2.62. The number of ether oxygens (including phenoxy) is 2. The molecular weight excluding hydrogens is 318 g/mol. The van der Waals surface area contributed by atoms with Crippen molar-refractivity contribution in [2.75, 3.05) is 20.8 Å². The molecule has 0 spiro atoms. The Labute approximate surface area is 147 Å². The Morgan fingerprint density at radius 1 is 1.24 bits per heavy atom. The summed E-state index contributed by atoms with van der Waals surface area (Å²) in [5.74, 6) is 2.58. The largest absolute Gasteiger partial charge is 0.496 e. The Bertz CT molecular complexity index is 792. The zero-order valence-electron chi connectivity index (χ0n) is 15.3. The third kappa shape index (κ3) is 3.54. The fourth-order valence-electron chi connectivity index (χ4n) is 3.22. The second-order valence-electron chi connectivity index (χ2n) is 6.63. The molecule has 1 aromatic heterocycles. The van der Waals surface area contributed by atoms with Crippen LogP contribution in [0.1, 0.15) is 42.4 Å². The molecule has 134 valence electrons. The lowest BCUT2D eigenvalue weighted by atomic mass is 10.0. The van der Waals surface area contributed by atoms with Crippen LogP contribution in [0.5, 0.6) is 11.5 Å². The molecule has 6 heteroatoms. The Kier molecular flexibility index (Phi) is 5.08. The van der Waals surface area contributed by atoms with Crippen molar-refractivity contribution in [3.8, 4) is 11.5 Å². The van der Waals surface area contributed by atoms with Crippen LogP contribution in [0.15, 0.2) is 23.0 Å². The van der Waals surface area contributed by atoms with Gasteiger partial charge in [0.15, 0.2) is 0 Å². The van der Waals surface area contributed by atoms with Gasteiger partial charge in [-0.05, 0) is 12.1 Å². The molecule has 0 radical (unpaired) electrons. The fourth-order valence-corrected chi connectivity index (χ4v) is 3.22. The maximum absolute atomic E-state index is 12.5. The van der Waals surface area contributed by atoms with Gasteiger partial charge in [-0.1, -0.05) is 19.9 Å². The monoisotopic (exact) mass is 343 g/mol. The topological polar surface area (TPSA) is 67.5 Å². The maximum atomic E-state index is 12.5. The Morgan fingerprint density at radius 3 is 2.52 bits per heavy atom. The number of nitrogens with zero attached hydrogens (tertiary/aromatic N) is 2. The van der Waals surface area contributed by atoms with Gasteiger partial charge in [0.25, 0.3) is 5.56 Å². The summed E-state index contributed by atoms with van der Waals surface area (Å²) >= 11 is 0. The molecule has 1 aromatic carbocycles. The molecule has 0 atom stereocenters. The van der Waals surface area contributed by atoms with E-state index in [-0.39, 0.29) is 11.5 Å². The van der Waals surface area contributed by atoms with Crippen LogP contribution >= 0.6 is 0 Å². The van der Waals surface area contributed by atoms with Gasteiger partial charge in [0.2, 0.25) is 0 Å². The summed E-state index contributed by atoms with van der Waals surface area (Å²) in [6, 6.07) is 5.77. The normalized spacial score (nSPS) is 14.4. The highest BCUT2D eigenvalue weighted by Gasteiger charge is 2.23. The minimum absolute atomic E-state index is 0.0228. The van der Waals surface area contributed by atoms with Gasteiger partial charge in [0, 0.05) is 32.0 Å². The molecule has 1 N–H and O–H groups in total. The molecule has 2 aromatic rings. The summed E-state index contributed by atoms with van der Waals surface area (Å²) in [5.41, 5.74) is 2.67. The van der Waals surface area contributed by atoms with E-state index in [4.69, 9.17) is 9.47 Å². The average molecular weight is 343 g/mol. The Hall–Kier alpha value is -2.34. The molecule has 0 saturated heterocycles. The highest BCUT2D eigenvalue weighted by Crippen LogP contribution is 2.30. The fraction of sp³-hybridized carbons (Fsp3) is 0.474. The number of methoxy groups -OCH3 is 2. The van der Waals surface area contributed by atoms with Crippen LogP contribution in [-0.2, 0) is 19.5 Å². The summed E-state index contributed by atoms with van der Waals surface area (Å²) < 4.78 is 11.0. The zero-order valence-corrected chi connectivity index (χ0v) is 15.3. The highest BCUT2D eigenvalue weighted by atomic mass is 16.5. The van der Waals surface area contributed by atoms with Gasteiger partial charge in [0.05, 0.1) is 31.0 Å². The highest BCUT2D eigenvalue weighted by molar-refractivity contribution is 5.44. The SMILES string of the molecule is COc1cccc(OC)c1CN1CCc2nc(C(C)C)[nH]c(=O)c2C1. The predicted molar refractivity (Wildman–Crippen MR) is 96.3 cm³/mol. The Balaban J connectivity index is 1.86. The van der Waals surface area contributed by atoms with Crippen LogP contribution in [0.4, 0.5) is 0 Å². The summed E-state index contributed by atoms with van der Waals surface area (Å²) in [4.78, 5) is 22.3. The van der Waals surface area contributed by atoms with Crippen molar-refractivity contribution >= 4 is 0 Å². The number of aromatic amines is 1. The molecule has 1 aliphatic rings. The number of H-pyrrole nitrogens is 1. The van der Waals surface area contributed by atoms with Crippen molar-refractivity contribution in [3.05, 3.63) is 51.2 Å². The smallest absolute Gasteiger partial charge is 0.255 e. The van der Waals surface area contributed by atoms with Crippen molar-refractivity contribution in [2.45, 2.75) is 39.3 Å². The van der Waals surface area contributed by atoms with Gasteiger partial charge >= 0.3 is 0 Å². The third-order valence-electron chi connectivity index (χ3n) is 4.62. The van der Waals surface area contributed by atoms with E-state index in [0.717, 1.165) is 47.1 Å². The van der Waals surface area contributed by atoms with Crippen molar-refractivity contribution in [3.63, 3.8) is 0 Å². The summed E-state index contributed by atoms with van der Waals surface area (Å²) in [5, 5.41) is 0. The number of fused-ring (bicyclic) bond motifs is 1. The quantitative estimate of drug-likeness (QED) is 0.903. The molecular formula is C19H25N3O3. The molecule has 0 amide bonds. The van der Waals surface area contributed by atoms with E-state index in [9.17, 15) is 4.79 Å². The molecule has 0 fully saturated rings. The van der Waals surface area contributed by atoms with Gasteiger partial charge in [-0.25, -0.2) is 4.98 Å². The van der Waals surface area contributed by atoms with Crippen LogP contribution < -0.4 is 15.0 Å². The van der Waals surface area contributed by atoms with Gasteiger partial charge < -0.3 is 14.5 Å². The Morgan fingerprint density at radius 2 is 1.92 bits per heavy atom. The molecule has 0 saturated carbocycles. The van der Waals surface area contributed by atoms with E-state index < -0.39 is 0 Å². The third-order valence-corrected chi connectivity index (χ3v) is 4.62. The number of rotatable bonds is 5. The van der Waals surface area contributed by atoms with E-state index in [1.54, 1.807) is 14.2 Å². The first kappa shape index (κ1) is 17.5. The summed E-state index contributed by atoms with van der Waals surface area (Å²) in [6.07, 6.45) is 0.774. The number of hydrogen-bond donors (Lipinski definition) is 1. The zero-order chi connectivity index (χ0) is 18.0. The van der Waals surface area contributed by atoms with Gasteiger partial charge in [-0.2, -0.15) is 0 Å². The maximum Gasteiger partial charge on any atom is 0.255 e. The standard InChI is InChI=1S/C19H25N3O3/c1-12(2)18-20-15-8-9-22(10-13(15)19(23)21-18)11-14-16(24-3)6-5-7-17(14)25-4/h5-7,12H,8-11H2,1-4H3,(H,20,21,23). The van der Waals surface area contributed by atoms with E-state index >= 15 is 0 Å². The van der Waals surface area contributed by atoms with E-state index in [1.807, 2.05) is 32.0 Å². The predicted octanol–water partition coefficient (Wildman–Crippen LogP) is 2.47. The lowest BCUT2D eigenvalue weighted by Gasteiger charge is -2.29. The summed E-state index contributed by atoms with van der Waals surface area (Å²) in [6.45, 7) is 6.17. The van der Waals surface area contributed by atoms with Crippen LogP contribution in [0.25, 0.3) is 0 Å². The van der Waals surface area contributed by atoms with Crippen molar-refractivity contribution in [2.24, 2.45) is 0 Å². The molecule has 25 heavy (non-hydrogen) atoms. The van der Waals surface area contributed by atoms with Crippen molar-refractivity contribution in [1.29, 1.82) is 0 Å². The number of aromatic nitrogens is 2. The minimum atomic E-state index is -0.0228. The second-order valence-corrected chi connectivity index (χ2v) is 6.63. The van der Waals surface area contributed by atoms with Crippen LogP contribution in [0.3, 0.4) is 0 Å². The van der Waals surface area contributed by atoms with Crippen LogP contribution in [-0.4, -0.2) is 35.6 Å². The molecule has 0 bridgehead atoms. The molecule has 1 aliphatic heterocycles. The van der Waals surface area contributed by atoms with E-state index in [2.05, 4.69) is 14.9 Å². The lowest BCUT2D eigenvalue weighted by molar-refractivity contribution is 0.233. The second kappa shape index (κ2) is 7.27. The van der Waals surface area contributed by atoms with Crippen LogP contribution in [0, 0.1) is 0 Å². The van der Waals surface area contributed by atoms with Crippen LogP contribution in [0.2, 0.25) is 0 Å². The van der Waals surface area contributed by atoms with Gasteiger partial charge in [-0.3, -0.25) is 9.69 Å². The minimum Gasteiger partial charge on any atom is -0.496 e. The number of nitrogens with one attached hydrogen (secondary N) is 1. The number of hydrogen-bond acceptors (Lipinski definition) is 5. The first-order chi connectivity index (χ1) is 12.0. The van der Waals surface area contributed by atoms with E-state index in [1.165, 1.54) is 0 Å². The first-order valence-electron chi connectivity index (χ1n) is 8.57. The van der Waals surface area contributed by atoms with Crippen molar-refractivity contribution in [1.82, 2.24) is 14.9 Å². The molecule has 2 heterocycles. The van der Waals surface area contributed by atoms with Gasteiger partial charge in [-0.15, -0.1) is 0 Å². The molecule has 0 unspecified atom stereocenters. The molecule has 6 nitrogen and oxygen atoms in total. The van der Waals surface area contributed by atoms with Gasteiger partial charge in [0.1, 0.15) is 17.3 Å². The number of benzene rings is 1. The molecule has 3 rings (SSSR count). The molecule has 0 aliphatic carbocycles. The lowest BCUT2D eigenvalue weighted by Crippen LogP contribution is -2.36. The summed E-state index contributed by atoms with van der Waals surface area (Å²) in [7, 11) is 3.32. The van der Waals surface area contributed by atoms with Crippen molar-refractivity contribution < 1.29 is 9.47 Å².